The molecule has 0 amide bonds. The van der Waals surface area contributed by atoms with Crippen LogP contribution in [0.25, 0.3) is 0 Å². The van der Waals surface area contributed by atoms with Crippen molar-refractivity contribution in [1.82, 2.24) is 5.32 Å². The molecule has 1 N–H and O–H groups in total. The van der Waals surface area contributed by atoms with Crippen LogP contribution in [0.4, 0.5) is 0 Å². The smallest absolute Gasteiger partial charge is 0.119 e. The van der Waals surface area contributed by atoms with E-state index in [1.807, 2.05) is 44.2 Å². The van der Waals surface area contributed by atoms with Crippen molar-refractivity contribution >= 4 is 0 Å². The highest BCUT2D eigenvalue weighted by Gasteiger charge is 2.30. The molecule has 1 unspecified atom stereocenters. The van der Waals surface area contributed by atoms with E-state index >= 15 is 0 Å². The van der Waals surface area contributed by atoms with Crippen LogP contribution in [-0.2, 0) is 4.74 Å². The van der Waals surface area contributed by atoms with Crippen LogP contribution >= 0.6 is 0 Å². The summed E-state index contributed by atoms with van der Waals surface area (Å²) in [6.45, 7) is 5.40. The number of rotatable bonds is 3. The van der Waals surface area contributed by atoms with Crippen molar-refractivity contribution in [2.75, 3.05) is 13.2 Å². The molecule has 0 saturated carbocycles. The summed E-state index contributed by atoms with van der Waals surface area (Å²) in [4.78, 5) is 0. The SMILES string of the molecule is CC1(C)NC(COc2ccccc2)CO1. The fraction of sp³-hybridized carbons (Fsp3) is 0.500. The molecule has 0 aliphatic carbocycles. The molecule has 0 bridgehead atoms. The maximum Gasteiger partial charge on any atom is 0.119 e. The Balaban J connectivity index is 1.80. The van der Waals surface area contributed by atoms with Gasteiger partial charge in [-0.15, -0.1) is 0 Å². The second kappa shape index (κ2) is 4.21. The second-order valence-corrected chi connectivity index (χ2v) is 4.29. The van der Waals surface area contributed by atoms with E-state index in [1.54, 1.807) is 0 Å². The summed E-state index contributed by atoms with van der Waals surface area (Å²) in [5, 5.41) is 3.35. The largest absolute Gasteiger partial charge is 0.492 e. The first-order chi connectivity index (χ1) is 7.16. The van der Waals surface area contributed by atoms with E-state index in [2.05, 4.69) is 5.32 Å². The van der Waals surface area contributed by atoms with Crippen molar-refractivity contribution in [2.45, 2.75) is 25.6 Å². The number of hydrogen-bond acceptors (Lipinski definition) is 3. The summed E-state index contributed by atoms with van der Waals surface area (Å²) in [5.74, 6) is 0.906. The Kier molecular flexibility index (Phi) is 2.93. The molecule has 0 spiro atoms. The predicted molar refractivity (Wildman–Crippen MR) is 58.9 cm³/mol. The molecule has 15 heavy (non-hydrogen) atoms. The lowest BCUT2D eigenvalue weighted by molar-refractivity contribution is 0.0230. The normalized spacial score (nSPS) is 24.0. The van der Waals surface area contributed by atoms with E-state index in [4.69, 9.17) is 9.47 Å². The van der Waals surface area contributed by atoms with Crippen molar-refractivity contribution in [3.05, 3.63) is 30.3 Å². The Morgan fingerprint density at radius 3 is 2.73 bits per heavy atom. The minimum Gasteiger partial charge on any atom is -0.492 e. The lowest BCUT2D eigenvalue weighted by Crippen LogP contribution is -2.41. The van der Waals surface area contributed by atoms with E-state index in [1.165, 1.54) is 0 Å². The molecule has 1 saturated heterocycles. The third kappa shape index (κ3) is 2.94. The third-order valence-electron chi connectivity index (χ3n) is 2.39. The molecule has 1 aliphatic rings. The van der Waals surface area contributed by atoms with Crippen molar-refractivity contribution in [2.24, 2.45) is 0 Å². The molecule has 0 aromatic heterocycles. The first-order valence-electron chi connectivity index (χ1n) is 5.25. The zero-order valence-corrected chi connectivity index (χ0v) is 9.19. The zero-order chi connectivity index (χ0) is 10.7. The maximum atomic E-state index is 5.64. The Morgan fingerprint density at radius 2 is 2.13 bits per heavy atom. The molecule has 0 radical (unpaired) electrons. The third-order valence-corrected chi connectivity index (χ3v) is 2.39. The molecule has 3 heteroatoms. The van der Waals surface area contributed by atoms with Crippen LogP contribution in [0, 0.1) is 0 Å². The van der Waals surface area contributed by atoms with Gasteiger partial charge in [0.15, 0.2) is 0 Å². The van der Waals surface area contributed by atoms with Gasteiger partial charge in [0, 0.05) is 0 Å². The van der Waals surface area contributed by atoms with Gasteiger partial charge in [0.1, 0.15) is 18.1 Å². The highest BCUT2D eigenvalue weighted by molar-refractivity contribution is 5.20. The maximum absolute atomic E-state index is 5.64. The van der Waals surface area contributed by atoms with Gasteiger partial charge in [0.25, 0.3) is 0 Å². The van der Waals surface area contributed by atoms with Crippen LogP contribution < -0.4 is 10.1 Å². The highest BCUT2D eigenvalue weighted by Crippen LogP contribution is 2.15. The number of nitrogens with one attached hydrogen (secondary N) is 1. The van der Waals surface area contributed by atoms with E-state index in [9.17, 15) is 0 Å². The summed E-state index contributed by atoms with van der Waals surface area (Å²) >= 11 is 0. The quantitative estimate of drug-likeness (QED) is 0.819. The topological polar surface area (TPSA) is 30.5 Å². The van der Waals surface area contributed by atoms with Crippen LogP contribution in [0.15, 0.2) is 30.3 Å². The highest BCUT2D eigenvalue weighted by atomic mass is 16.5. The van der Waals surface area contributed by atoms with E-state index in [-0.39, 0.29) is 11.8 Å². The fourth-order valence-corrected chi connectivity index (χ4v) is 1.69. The predicted octanol–water partition coefficient (Wildman–Crippen LogP) is 1.79. The van der Waals surface area contributed by atoms with Gasteiger partial charge in [-0.2, -0.15) is 0 Å². The van der Waals surface area contributed by atoms with Gasteiger partial charge in [0.2, 0.25) is 0 Å². The summed E-state index contributed by atoms with van der Waals surface area (Å²) in [5.41, 5.74) is -0.218. The van der Waals surface area contributed by atoms with Crippen molar-refractivity contribution in [1.29, 1.82) is 0 Å². The first-order valence-corrected chi connectivity index (χ1v) is 5.25. The monoisotopic (exact) mass is 207 g/mol. The average Bonchev–Trinajstić information content (AvgIpc) is 2.57. The van der Waals surface area contributed by atoms with E-state index < -0.39 is 0 Å². The van der Waals surface area contributed by atoms with Crippen molar-refractivity contribution in [3.63, 3.8) is 0 Å². The Labute approximate surface area is 90.4 Å². The number of hydrogen-bond donors (Lipinski definition) is 1. The van der Waals surface area contributed by atoms with Crippen LogP contribution in [0.2, 0.25) is 0 Å². The number of para-hydroxylation sites is 1. The molecule has 1 fully saturated rings. The average molecular weight is 207 g/mol. The van der Waals surface area contributed by atoms with Crippen LogP contribution in [0.5, 0.6) is 5.75 Å². The summed E-state index contributed by atoms with van der Waals surface area (Å²) < 4.78 is 11.2. The van der Waals surface area contributed by atoms with Crippen LogP contribution in [0.3, 0.4) is 0 Å². The minimum atomic E-state index is -0.218. The molecule has 1 aromatic rings. The molecular formula is C12H17NO2. The Morgan fingerprint density at radius 1 is 1.40 bits per heavy atom. The van der Waals surface area contributed by atoms with E-state index in [0.717, 1.165) is 5.75 Å². The summed E-state index contributed by atoms with van der Waals surface area (Å²) in [6, 6.07) is 10.1. The van der Waals surface area contributed by atoms with Gasteiger partial charge < -0.3 is 9.47 Å². The molecule has 1 aromatic carbocycles. The van der Waals surface area contributed by atoms with Gasteiger partial charge in [-0.1, -0.05) is 18.2 Å². The van der Waals surface area contributed by atoms with Gasteiger partial charge >= 0.3 is 0 Å². The fourth-order valence-electron chi connectivity index (χ4n) is 1.69. The Bertz CT molecular complexity index is 311. The molecular weight excluding hydrogens is 190 g/mol. The van der Waals surface area contributed by atoms with Crippen LogP contribution in [-0.4, -0.2) is 25.0 Å². The van der Waals surface area contributed by atoms with Crippen molar-refractivity contribution < 1.29 is 9.47 Å². The Hall–Kier alpha value is -1.06. The number of ether oxygens (including phenoxy) is 2. The lowest BCUT2D eigenvalue weighted by Gasteiger charge is -2.18. The standard InChI is InChI=1S/C12H17NO2/c1-12(2)13-10(9-15-12)8-14-11-6-4-3-5-7-11/h3-7,10,13H,8-9H2,1-2H3. The molecule has 3 nitrogen and oxygen atoms in total. The van der Waals surface area contributed by atoms with Crippen molar-refractivity contribution in [3.8, 4) is 5.75 Å². The van der Waals surface area contributed by atoms with Crippen LogP contribution in [0.1, 0.15) is 13.8 Å². The first kappa shape index (κ1) is 10.5. The van der Waals surface area contributed by atoms with Gasteiger partial charge in [-0.05, 0) is 26.0 Å². The second-order valence-electron chi connectivity index (χ2n) is 4.29. The summed E-state index contributed by atoms with van der Waals surface area (Å²) in [7, 11) is 0. The number of benzene rings is 1. The van der Waals surface area contributed by atoms with Gasteiger partial charge in [-0.25, -0.2) is 0 Å². The molecule has 82 valence electrons. The lowest BCUT2D eigenvalue weighted by atomic mass is 10.3. The van der Waals surface area contributed by atoms with Gasteiger partial charge in [0.05, 0.1) is 12.6 Å². The van der Waals surface area contributed by atoms with Gasteiger partial charge in [-0.3, -0.25) is 5.32 Å². The summed E-state index contributed by atoms with van der Waals surface area (Å²) in [6.07, 6.45) is 0. The molecule has 1 aliphatic heterocycles. The van der Waals surface area contributed by atoms with E-state index in [0.29, 0.717) is 13.2 Å². The zero-order valence-electron chi connectivity index (χ0n) is 9.19. The minimum absolute atomic E-state index is 0.218. The molecule has 1 atom stereocenters. The molecule has 1 heterocycles. The molecule has 2 rings (SSSR count).